The lowest BCUT2D eigenvalue weighted by molar-refractivity contribution is -0.0682. The Morgan fingerprint density at radius 3 is 2.57 bits per heavy atom. The Bertz CT molecular complexity index is 962. The molecule has 11 nitrogen and oxygen atoms in total. The van der Waals surface area contributed by atoms with Crippen LogP contribution in [0.25, 0.3) is 11.0 Å². The predicted molar refractivity (Wildman–Crippen MR) is 108 cm³/mol. The summed E-state index contributed by atoms with van der Waals surface area (Å²) >= 11 is 0. The molecule has 0 aromatic carbocycles. The fraction of sp³-hybridized carbons (Fsp3) is 0.667. The molecule has 6 atom stereocenters. The van der Waals surface area contributed by atoms with Crippen LogP contribution in [-0.2, 0) is 13.8 Å². The monoisotopic (exact) mass is 444 g/mol. The van der Waals surface area contributed by atoms with Gasteiger partial charge in [0.05, 0.1) is 17.1 Å². The number of nitrogens with two attached hydrogens (primary N) is 1. The second-order valence-corrected chi connectivity index (χ2v) is 10.7. The average Bonchev–Trinajstić information content (AvgIpc) is 3.18. The quantitative estimate of drug-likeness (QED) is 0.389. The molecule has 6 N–H and O–H groups in total. The SMILES string of the molecule is CCC(C)(C[C@H]1O[C@@H](n2ccc3c(N)ncnc32)[C@H](O)[C@@H]1O)OP(=O)(O)C(C)(C)O. The molecule has 1 fully saturated rings. The Labute approximate surface area is 174 Å². The highest BCUT2D eigenvalue weighted by Crippen LogP contribution is 2.57. The van der Waals surface area contributed by atoms with Gasteiger partial charge in [-0.3, -0.25) is 4.57 Å². The van der Waals surface area contributed by atoms with Crippen LogP contribution in [0.1, 0.15) is 46.8 Å². The largest absolute Gasteiger partial charge is 0.388 e. The van der Waals surface area contributed by atoms with Crippen molar-refractivity contribution in [3.05, 3.63) is 18.6 Å². The van der Waals surface area contributed by atoms with Crippen molar-refractivity contribution in [3.63, 3.8) is 0 Å². The number of aliphatic hydroxyl groups is 3. The number of hydrogen-bond donors (Lipinski definition) is 5. The minimum Gasteiger partial charge on any atom is -0.388 e. The minimum absolute atomic E-state index is 0.00911. The molecule has 3 heterocycles. The molecule has 2 unspecified atom stereocenters. The molecular formula is C18H29N4O7P. The first-order chi connectivity index (χ1) is 13.8. The molecule has 0 bridgehead atoms. The normalized spacial score (nSPS) is 29.1. The maximum Gasteiger partial charge on any atom is 0.359 e. The van der Waals surface area contributed by atoms with Crippen LogP contribution in [0, 0.1) is 0 Å². The van der Waals surface area contributed by atoms with E-state index < -0.39 is 43.1 Å². The molecular weight excluding hydrogens is 415 g/mol. The number of aliphatic hydroxyl groups excluding tert-OH is 2. The van der Waals surface area contributed by atoms with Crippen LogP contribution in [0.3, 0.4) is 0 Å². The third-order valence-corrected chi connectivity index (χ3v) is 7.64. The van der Waals surface area contributed by atoms with E-state index in [1.165, 1.54) is 20.2 Å². The van der Waals surface area contributed by atoms with Gasteiger partial charge in [-0.05, 0) is 33.3 Å². The van der Waals surface area contributed by atoms with Gasteiger partial charge in [0.2, 0.25) is 0 Å². The molecule has 0 saturated carbocycles. The predicted octanol–water partition coefficient (Wildman–Crippen LogP) is 1.12. The molecule has 1 aliphatic rings. The summed E-state index contributed by atoms with van der Waals surface area (Å²) in [5, 5.41) is 29.8. The first kappa shape index (κ1) is 23.1. The highest BCUT2D eigenvalue weighted by Gasteiger charge is 2.50. The fourth-order valence-corrected chi connectivity index (χ4v) is 4.43. The van der Waals surface area contributed by atoms with Crippen molar-refractivity contribution in [2.75, 3.05) is 5.73 Å². The van der Waals surface area contributed by atoms with Crippen molar-refractivity contribution in [3.8, 4) is 0 Å². The van der Waals surface area contributed by atoms with E-state index in [0.717, 1.165) is 0 Å². The van der Waals surface area contributed by atoms with Gasteiger partial charge in [-0.1, -0.05) is 6.92 Å². The van der Waals surface area contributed by atoms with E-state index in [0.29, 0.717) is 17.5 Å². The summed E-state index contributed by atoms with van der Waals surface area (Å²) in [4.78, 5) is 18.3. The molecule has 1 saturated heterocycles. The molecule has 30 heavy (non-hydrogen) atoms. The topological polar surface area (TPSA) is 173 Å². The molecule has 12 heteroatoms. The molecule has 2 aromatic rings. The van der Waals surface area contributed by atoms with Gasteiger partial charge in [0.1, 0.15) is 30.0 Å². The van der Waals surface area contributed by atoms with Gasteiger partial charge in [-0.15, -0.1) is 0 Å². The Morgan fingerprint density at radius 2 is 1.97 bits per heavy atom. The molecule has 1 aliphatic heterocycles. The first-order valence-electron chi connectivity index (χ1n) is 9.64. The number of anilines is 1. The second kappa shape index (κ2) is 7.83. The van der Waals surface area contributed by atoms with Gasteiger partial charge in [0.15, 0.2) is 11.6 Å². The maximum absolute atomic E-state index is 12.5. The molecule has 0 spiro atoms. The summed E-state index contributed by atoms with van der Waals surface area (Å²) in [5.74, 6) is 0.278. The van der Waals surface area contributed by atoms with E-state index in [2.05, 4.69) is 9.97 Å². The molecule has 0 amide bonds. The molecule has 0 radical (unpaired) electrons. The molecule has 0 aliphatic carbocycles. The van der Waals surface area contributed by atoms with Crippen LogP contribution >= 0.6 is 7.60 Å². The van der Waals surface area contributed by atoms with E-state index in [1.807, 2.05) is 0 Å². The summed E-state index contributed by atoms with van der Waals surface area (Å²) in [6.07, 6.45) is -1.17. The third-order valence-electron chi connectivity index (χ3n) is 5.57. The zero-order chi connectivity index (χ0) is 22.5. The minimum atomic E-state index is -4.39. The number of aromatic nitrogens is 3. The lowest BCUT2D eigenvalue weighted by Gasteiger charge is -2.36. The van der Waals surface area contributed by atoms with Crippen molar-refractivity contribution < 1.29 is 34.0 Å². The standard InChI is InChI=1S/C18H29N4O7P/c1-5-18(4,29-30(26,27)17(2,3)25)8-11-12(23)13(24)16(28-11)22-7-6-10-14(19)20-9-21-15(10)22/h6-7,9,11-13,16,23-25H,5,8H2,1-4H3,(H,26,27)(H2,19,20,21)/t11-,12-,13-,16-,18?/m1/s1. The Morgan fingerprint density at radius 1 is 1.30 bits per heavy atom. The van der Waals surface area contributed by atoms with Gasteiger partial charge in [-0.25, -0.2) is 9.97 Å². The van der Waals surface area contributed by atoms with Crippen LogP contribution in [0.5, 0.6) is 0 Å². The highest BCUT2D eigenvalue weighted by atomic mass is 31.2. The van der Waals surface area contributed by atoms with Crippen LogP contribution in [0.15, 0.2) is 18.6 Å². The van der Waals surface area contributed by atoms with Crippen molar-refractivity contribution in [1.29, 1.82) is 0 Å². The van der Waals surface area contributed by atoms with Gasteiger partial charge < -0.3 is 39.8 Å². The number of nitrogens with zero attached hydrogens (tertiary/aromatic N) is 3. The Balaban J connectivity index is 1.84. The summed E-state index contributed by atoms with van der Waals surface area (Å²) in [6.45, 7) is 5.72. The van der Waals surface area contributed by atoms with Crippen molar-refractivity contribution in [2.45, 2.75) is 76.0 Å². The Kier molecular flexibility index (Phi) is 6.02. The molecule has 3 rings (SSSR count). The van der Waals surface area contributed by atoms with Crippen LogP contribution in [0.4, 0.5) is 5.82 Å². The molecule has 168 valence electrons. The smallest absolute Gasteiger partial charge is 0.359 e. The van der Waals surface area contributed by atoms with Crippen molar-refractivity contribution in [2.24, 2.45) is 0 Å². The summed E-state index contributed by atoms with van der Waals surface area (Å²) in [5.41, 5.74) is 5.09. The number of nitrogen functional groups attached to an aromatic ring is 1. The fourth-order valence-electron chi connectivity index (χ4n) is 3.41. The zero-order valence-corrected chi connectivity index (χ0v) is 18.2. The maximum atomic E-state index is 12.5. The van der Waals surface area contributed by atoms with Gasteiger partial charge in [0.25, 0.3) is 0 Å². The van der Waals surface area contributed by atoms with E-state index in [9.17, 15) is 24.8 Å². The zero-order valence-electron chi connectivity index (χ0n) is 17.3. The summed E-state index contributed by atoms with van der Waals surface area (Å²) in [6, 6.07) is 1.69. The Hall–Kier alpha value is -1.59. The average molecular weight is 444 g/mol. The van der Waals surface area contributed by atoms with Crippen molar-refractivity contribution >= 4 is 24.4 Å². The number of rotatable bonds is 7. The third kappa shape index (κ3) is 4.11. The lowest BCUT2D eigenvalue weighted by atomic mass is 9.93. The molecule has 2 aromatic heterocycles. The number of fused-ring (bicyclic) bond motifs is 1. The van der Waals surface area contributed by atoms with Crippen LogP contribution < -0.4 is 5.73 Å². The lowest BCUT2D eigenvalue weighted by Crippen LogP contribution is -2.39. The van der Waals surface area contributed by atoms with E-state index >= 15 is 0 Å². The second-order valence-electron chi connectivity index (χ2n) is 8.38. The highest BCUT2D eigenvalue weighted by molar-refractivity contribution is 7.54. The van der Waals surface area contributed by atoms with Crippen LogP contribution in [-0.4, -0.2) is 64.0 Å². The van der Waals surface area contributed by atoms with Gasteiger partial charge in [0, 0.05) is 12.6 Å². The van der Waals surface area contributed by atoms with Gasteiger partial charge in [-0.2, -0.15) is 0 Å². The van der Waals surface area contributed by atoms with Crippen molar-refractivity contribution in [1.82, 2.24) is 14.5 Å². The van der Waals surface area contributed by atoms with Gasteiger partial charge >= 0.3 is 7.60 Å². The van der Waals surface area contributed by atoms with E-state index in [4.69, 9.17) is 15.0 Å². The van der Waals surface area contributed by atoms with Crippen LogP contribution in [0.2, 0.25) is 0 Å². The van der Waals surface area contributed by atoms with E-state index in [1.54, 1.807) is 30.7 Å². The summed E-state index contributed by atoms with van der Waals surface area (Å²) in [7, 11) is -4.39. The van der Waals surface area contributed by atoms with E-state index in [-0.39, 0.29) is 12.2 Å². The summed E-state index contributed by atoms with van der Waals surface area (Å²) < 4.78 is 25.4. The first-order valence-corrected chi connectivity index (χ1v) is 11.2. The number of ether oxygens (including phenoxy) is 1. The number of hydrogen-bond acceptors (Lipinski definition) is 9.